The van der Waals surface area contributed by atoms with Gasteiger partial charge in [-0.1, -0.05) is 61.0 Å². The fourth-order valence-electron chi connectivity index (χ4n) is 5.76. The Morgan fingerprint density at radius 3 is 2.35 bits per heavy atom. The van der Waals surface area contributed by atoms with E-state index < -0.39 is 0 Å². The van der Waals surface area contributed by atoms with Crippen molar-refractivity contribution in [3.63, 3.8) is 0 Å². The van der Waals surface area contributed by atoms with E-state index in [0.29, 0.717) is 28.4 Å². The molecule has 0 aromatic heterocycles. The van der Waals surface area contributed by atoms with Crippen LogP contribution in [0.4, 0.5) is 17.1 Å². The number of ether oxygens (including phenoxy) is 1. The van der Waals surface area contributed by atoms with E-state index >= 15 is 0 Å². The van der Waals surface area contributed by atoms with Gasteiger partial charge in [-0.25, -0.2) is 0 Å². The van der Waals surface area contributed by atoms with Crippen LogP contribution in [0.15, 0.2) is 97.1 Å². The van der Waals surface area contributed by atoms with Gasteiger partial charge in [-0.15, -0.1) is 0 Å². The number of carbonyl (C=O) groups is 2. The third-order valence-electron chi connectivity index (χ3n) is 7.94. The molecule has 7 heteroatoms. The highest BCUT2D eigenvalue weighted by atomic mass is 16.5. The topological polar surface area (TPSA) is 82.7 Å². The molecule has 0 aliphatic carbocycles. The summed E-state index contributed by atoms with van der Waals surface area (Å²) in [6, 6.07) is 31.3. The molecule has 0 unspecified atom stereocenters. The largest absolute Gasteiger partial charge is 0.497 e. The highest BCUT2D eigenvalue weighted by Gasteiger charge is 2.29. The molecule has 1 saturated heterocycles. The van der Waals surface area contributed by atoms with Crippen LogP contribution in [0.1, 0.15) is 41.5 Å². The lowest BCUT2D eigenvalue weighted by Gasteiger charge is -2.26. The van der Waals surface area contributed by atoms with E-state index in [0.717, 1.165) is 42.0 Å². The molecule has 4 aromatic rings. The van der Waals surface area contributed by atoms with Crippen LogP contribution >= 0.6 is 0 Å². The normalized spacial score (nSPS) is 15.8. The standard InChI is InChI=1S/C36H36N4O3/c1-43-30-12-8-9-26(21-30)22-33(41)37-29-17-18-32-31(23-29)34(36(42)39-32)35(27-10-4-2-5-11-27)38-28-15-13-25(14-16-28)24-40-19-6-3-7-20-40/h2,4-5,8-18,21,23,38H,3,6-7,19-20,22,24H2,1H3,(H,37,41)(H,39,42). The molecule has 6 rings (SSSR count). The smallest absolute Gasteiger partial charge is 0.258 e. The molecular weight excluding hydrogens is 536 g/mol. The number of hydrogen-bond acceptors (Lipinski definition) is 5. The predicted octanol–water partition coefficient (Wildman–Crippen LogP) is 6.79. The third kappa shape index (κ3) is 6.79. The van der Waals surface area contributed by atoms with E-state index in [1.165, 1.54) is 24.8 Å². The average molecular weight is 573 g/mol. The van der Waals surface area contributed by atoms with Crippen molar-refractivity contribution in [1.29, 1.82) is 0 Å². The summed E-state index contributed by atoms with van der Waals surface area (Å²) in [4.78, 5) is 28.9. The highest BCUT2D eigenvalue weighted by Crippen LogP contribution is 2.39. The van der Waals surface area contributed by atoms with Crippen LogP contribution in [0.2, 0.25) is 0 Å². The second-order valence-electron chi connectivity index (χ2n) is 11.1. The Morgan fingerprint density at radius 2 is 1.58 bits per heavy atom. The van der Waals surface area contributed by atoms with Gasteiger partial charge in [-0.2, -0.15) is 0 Å². The number of fused-ring (bicyclic) bond motifs is 1. The van der Waals surface area contributed by atoms with Gasteiger partial charge in [-0.05, 0) is 85.1 Å². The van der Waals surface area contributed by atoms with Crippen molar-refractivity contribution in [3.05, 3.63) is 119 Å². The van der Waals surface area contributed by atoms with Gasteiger partial charge >= 0.3 is 0 Å². The first-order valence-electron chi connectivity index (χ1n) is 14.8. The van der Waals surface area contributed by atoms with Crippen molar-refractivity contribution in [3.8, 4) is 5.75 Å². The summed E-state index contributed by atoms with van der Waals surface area (Å²) in [6.45, 7) is 3.26. The number of nitrogens with one attached hydrogen (secondary N) is 3. The SMILES string of the molecule is COc1cccc(CC(=O)Nc2ccc3c(c2)C(=C(Nc2ccc(CN4CCCCC4)cc2)c2ccccc2)C(=O)N3)c1. The summed E-state index contributed by atoms with van der Waals surface area (Å²) in [5, 5.41) is 9.55. The second-order valence-corrected chi connectivity index (χ2v) is 11.1. The maximum Gasteiger partial charge on any atom is 0.258 e. The van der Waals surface area contributed by atoms with E-state index in [1.807, 2.05) is 72.8 Å². The number of rotatable bonds is 9. The first-order chi connectivity index (χ1) is 21.1. The molecular formula is C36H36N4O3. The van der Waals surface area contributed by atoms with E-state index in [4.69, 9.17) is 4.74 Å². The van der Waals surface area contributed by atoms with Gasteiger partial charge in [0.1, 0.15) is 5.75 Å². The van der Waals surface area contributed by atoms with Crippen LogP contribution in [0.25, 0.3) is 11.3 Å². The Morgan fingerprint density at radius 1 is 0.814 bits per heavy atom. The Balaban J connectivity index is 1.27. The first kappa shape index (κ1) is 28.2. The summed E-state index contributed by atoms with van der Waals surface area (Å²) in [5.74, 6) is 0.366. The molecule has 4 aromatic carbocycles. The van der Waals surface area contributed by atoms with Crippen molar-refractivity contribution < 1.29 is 14.3 Å². The third-order valence-corrected chi connectivity index (χ3v) is 7.94. The minimum Gasteiger partial charge on any atom is -0.497 e. The van der Waals surface area contributed by atoms with Crippen LogP contribution < -0.4 is 20.7 Å². The predicted molar refractivity (Wildman–Crippen MR) is 173 cm³/mol. The number of methoxy groups -OCH3 is 1. The molecule has 43 heavy (non-hydrogen) atoms. The fraction of sp³-hybridized carbons (Fsp3) is 0.222. The molecule has 1 fully saturated rings. The molecule has 0 bridgehead atoms. The summed E-state index contributed by atoms with van der Waals surface area (Å²) < 4.78 is 5.28. The van der Waals surface area contributed by atoms with E-state index in [-0.39, 0.29) is 18.2 Å². The van der Waals surface area contributed by atoms with Crippen LogP contribution in [-0.4, -0.2) is 36.9 Å². The molecule has 2 heterocycles. The number of amides is 2. The number of likely N-dealkylation sites (tertiary alicyclic amines) is 1. The Hall–Kier alpha value is -4.88. The number of carbonyl (C=O) groups excluding carboxylic acids is 2. The first-order valence-corrected chi connectivity index (χ1v) is 14.8. The number of anilines is 3. The van der Waals surface area contributed by atoms with Crippen molar-refractivity contribution in [1.82, 2.24) is 4.90 Å². The second kappa shape index (κ2) is 13.0. The number of benzene rings is 4. The number of hydrogen-bond donors (Lipinski definition) is 3. The molecule has 2 aliphatic rings. The maximum absolute atomic E-state index is 13.4. The zero-order chi connectivity index (χ0) is 29.6. The van der Waals surface area contributed by atoms with Gasteiger partial charge in [0.25, 0.3) is 5.91 Å². The molecule has 0 radical (unpaired) electrons. The lowest BCUT2D eigenvalue weighted by Crippen LogP contribution is -2.29. The molecule has 7 nitrogen and oxygen atoms in total. The Kier molecular flexibility index (Phi) is 8.52. The molecule has 2 amide bonds. The van der Waals surface area contributed by atoms with Gasteiger partial charge in [-0.3, -0.25) is 14.5 Å². The average Bonchev–Trinajstić information content (AvgIpc) is 3.36. The monoisotopic (exact) mass is 572 g/mol. The molecule has 0 spiro atoms. The van der Waals surface area contributed by atoms with Crippen LogP contribution in [0, 0.1) is 0 Å². The van der Waals surface area contributed by atoms with Crippen molar-refractivity contribution in [2.24, 2.45) is 0 Å². The molecule has 0 saturated carbocycles. The van der Waals surface area contributed by atoms with Crippen LogP contribution in [0.5, 0.6) is 5.75 Å². The summed E-state index contributed by atoms with van der Waals surface area (Å²) in [6.07, 6.45) is 4.07. The van der Waals surface area contributed by atoms with Gasteiger partial charge < -0.3 is 20.7 Å². The van der Waals surface area contributed by atoms with E-state index in [2.05, 4.69) is 45.1 Å². The molecule has 3 N–H and O–H groups in total. The lowest BCUT2D eigenvalue weighted by atomic mass is 9.99. The minimum absolute atomic E-state index is 0.151. The van der Waals surface area contributed by atoms with Crippen molar-refractivity contribution in [2.45, 2.75) is 32.2 Å². The Labute approximate surface area is 252 Å². The quantitative estimate of drug-likeness (QED) is 0.192. The molecule has 218 valence electrons. The fourth-order valence-corrected chi connectivity index (χ4v) is 5.76. The van der Waals surface area contributed by atoms with Crippen LogP contribution in [-0.2, 0) is 22.6 Å². The number of piperidine rings is 1. The maximum atomic E-state index is 13.4. The van der Waals surface area contributed by atoms with Crippen LogP contribution in [0.3, 0.4) is 0 Å². The van der Waals surface area contributed by atoms with Gasteiger partial charge in [0.2, 0.25) is 5.91 Å². The van der Waals surface area contributed by atoms with E-state index in [1.54, 1.807) is 7.11 Å². The summed E-state index contributed by atoms with van der Waals surface area (Å²) in [5.41, 5.74) is 7.23. The van der Waals surface area contributed by atoms with Gasteiger partial charge in [0, 0.05) is 29.2 Å². The molecule has 0 atom stereocenters. The minimum atomic E-state index is -0.192. The zero-order valence-electron chi connectivity index (χ0n) is 24.4. The van der Waals surface area contributed by atoms with Gasteiger partial charge in [0.15, 0.2) is 0 Å². The summed E-state index contributed by atoms with van der Waals surface area (Å²) in [7, 11) is 1.61. The Bertz CT molecular complexity index is 1640. The molecule has 2 aliphatic heterocycles. The lowest BCUT2D eigenvalue weighted by molar-refractivity contribution is -0.115. The summed E-state index contributed by atoms with van der Waals surface area (Å²) >= 11 is 0. The van der Waals surface area contributed by atoms with E-state index in [9.17, 15) is 9.59 Å². The number of nitrogens with zero attached hydrogens (tertiary/aromatic N) is 1. The van der Waals surface area contributed by atoms with Crippen molar-refractivity contribution in [2.75, 3.05) is 36.1 Å². The van der Waals surface area contributed by atoms with Crippen molar-refractivity contribution >= 4 is 40.1 Å². The highest BCUT2D eigenvalue weighted by molar-refractivity contribution is 6.37. The van der Waals surface area contributed by atoms with Gasteiger partial charge in [0.05, 0.1) is 24.8 Å². The zero-order valence-corrected chi connectivity index (χ0v) is 24.4.